The molecule has 0 heterocycles. The van der Waals surface area contributed by atoms with Crippen molar-refractivity contribution in [2.75, 3.05) is 0 Å². The summed E-state index contributed by atoms with van der Waals surface area (Å²) in [7, 11) is 0. The molecule has 4 aliphatic rings. The Morgan fingerprint density at radius 3 is 2.48 bits per heavy atom. The Kier molecular flexibility index (Phi) is 5.63. The summed E-state index contributed by atoms with van der Waals surface area (Å²) in [6.45, 7) is 9.78. The van der Waals surface area contributed by atoms with Gasteiger partial charge in [-0.1, -0.05) is 33.6 Å². The van der Waals surface area contributed by atoms with Crippen molar-refractivity contribution in [3.8, 4) is 0 Å². The standard InChI is InChI=1S/C26H45NO2/c1-5-18-11-15-25(4)20-12-16-26(23(28)29)13-6-7-21(26)19(20)8-9-22(25)24(18,3)14-10-17(2)27/h17-22H,5-16,27H2,1-4H3,(H,28,29). The zero-order chi connectivity index (χ0) is 21.0. The van der Waals surface area contributed by atoms with Crippen LogP contribution < -0.4 is 5.73 Å². The number of fused-ring (bicyclic) bond motifs is 5. The number of hydrogen-bond donors (Lipinski definition) is 2. The Hall–Kier alpha value is -0.570. The normalized spacial score (nSPS) is 50.3. The zero-order valence-electron chi connectivity index (χ0n) is 19.4. The van der Waals surface area contributed by atoms with Crippen molar-refractivity contribution >= 4 is 5.97 Å². The number of hydrogen-bond acceptors (Lipinski definition) is 2. The fourth-order valence-electron chi connectivity index (χ4n) is 9.61. The summed E-state index contributed by atoms with van der Waals surface area (Å²) >= 11 is 0. The van der Waals surface area contributed by atoms with Gasteiger partial charge in [-0.05, 0) is 112 Å². The molecule has 3 N–H and O–H groups in total. The number of carbonyl (C=O) groups is 1. The molecule has 3 heteroatoms. The highest BCUT2D eigenvalue weighted by Gasteiger charge is 2.64. The molecule has 0 spiro atoms. The maximum atomic E-state index is 12.3. The van der Waals surface area contributed by atoms with Crippen molar-refractivity contribution in [3.63, 3.8) is 0 Å². The predicted octanol–water partition coefficient (Wildman–Crippen LogP) is 6.25. The molecule has 29 heavy (non-hydrogen) atoms. The van der Waals surface area contributed by atoms with Crippen molar-refractivity contribution in [2.45, 2.75) is 111 Å². The Labute approximate surface area is 178 Å². The lowest BCUT2D eigenvalue weighted by molar-refractivity contribution is -0.182. The summed E-state index contributed by atoms with van der Waals surface area (Å²) in [6.07, 6.45) is 14.3. The van der Waals surface area contributed by atoms with Crippen LogP contribution in [0.3, 0.4) is 0 Å². The van der Waals surface area contributed by atoms with Crippen LogP contribution in [-0.2, 0) is 4.79 Å². The van der Waals surface area contributed by atoms with E-state index in [9.17, 15) is 9.90 Å². The zero-order valence-corrected chi connectivity index (χ0v) is 19.4. The monoisotopic (exact) mass is 403 g/mol. The molecular formula is C26H45NO2. The van der Waals surface area contributed by atoms with Gasteiger partial charge in [0.1, 0.15) is 0 Å². The van der Waals surface area contributed by atoms with Crippen molar-refractivity contribution in [1.82, 2.24) is 0 Å². The smallest absolute Gasteiger partial charge is 0.309 e. The molecule has 4 fully saturated rings. The SMILES string of the molecule is CCC1CCC2(C)C3CCC4(C(=O)O)CCCC4C3CCC2C1(C)CCC(C)N. The van der Waals surface area contributed by atoms with Crippen LogP contribution in [0.4, 0.5) is 0 Å². The van der Waals surface area contributed by atoms with Crippen LogP contribution in [0.15, 0.2) is 0 Å². The minimum absolute atomic E-state index is 0.290. The van der Waals surface area contributed by atoms with E-state index < -0.39 is 5.97 Å². The van der Waals surface area contributed by atoms with Crippen LogP contribution in [-0.4, -0.2) is 17.1 Å². The second-order valence-corrected chi connectivity index (χ2v) is 12.1. The molecule has 9 atom stereocenters. The molecule has 0 radical (unpaired) electrons. The van der Waals surface area contributed by atoms with E-state index in [-0.39, 0.29) is 5.41 Å². The third-order valence-corrected chi connectivity index (χ3v) is 11.0. The van der Waals surface area contributed by atoms with Gasteiger partial charge in [0.2, 0.25) is 0 Å². The van der Waals surface area contributed by atoms with Crippen molar-refractivity contribution in [3.05, 3.63) is 0 Å². The molecule has 0 bridgehead atoms. The molecule has 9 unspecified atom stereocenters. The molecule has 4 rings (SSSR count). The van der Waals surface area contributed by atoms with E-state index in [0.717, 1.165) is 56.3 Å². The van der Waals surface area contributed by atoms with Gasteiger partial charge >= 0.3 is 5.97 Å². The van der Waals surface area contributed by atoms with Gasteiger partial charge < -0.3 is 10.8 Å². The molecule has 3 nitrogen and oxygen atoms in total. The second kappa shape index (κ2) is 7.53. The van der Waals surface area contributed by atoms with Crippen LogP contribution in [0, 0.1) is 45.8 Å². The van der Waals surface area contributed by atoms with Crippen LogP contribution in [0.2, 0.25) is 0 Å². The average Bonchev–Trinajstić information content (AvgIpc) is 3.12. The first-order valence-electron chi connectivity index (χ1n) is 12.7. The first-order chi connectivity index (χ1) is 13.7. The highest BCUT2D eigenvalue weighted by atomic mass is 16.4. The fraction of sp³-hybridized carbons (Fsp3) is 0.962. The molecule has 0 aromatic rings. The summed E-state index contributed by atoms with van der Waals surface area (Å²) in [6, 6.07) is 0.290. The van der Waals surface area contributed by atoms with Crippen LogP contribution in [0.25, 0.3) is 0 Å². The van der Waals surface area contributed by atoms with Gasteiger partial charge in [0.25, 0.3) is 0 Å². The lowest BCUT2D eigenvalue weighted by Gasteiger charge is -2.65. The lowest BCUT2D eigenvalue weighted by atomic mass is 9.39. The van der Waals surface area contributed by atoms with E-state index in [1.807, 2.05) is 0 Å². The van der Waals surface area contributed by atoms with Crippen molar-refractivity contribution in [2.24, 2.45) is 51.6 Å². The molecule has 0 amide bonds. The van der Waals surface area contributed by atoms with E-state index >= 15 is 0 Å². The molecule has 0 saturated heterocycles. The number of carboxylic acid groups (broad SMARTS) is 1. The quantitative estimate of drug-likeness (QED) is 0.570. The molecular weight excluding hydrogens is 358 g/mol. The van der Waals surface area contributed by atoms with E-state index in [4.69, 9.17) is 5.73 Å². The highest BCUT2D eigenvalue weighted by Crippen LogP contribution is 2.70. The molecule has 0 aromatic heterocycles. The first kappa shape index (κ1) is 21.7. The van der Waals surface area contributed by atoms with Crippen molar-refractivity contribution < 1.29 is 9.90 Å². The largest absolute Gasteiger partial charge is 0.481 e. The summed E-state index contributed by atoms with van der Waals surface area (Å²) in [5.74, 6) is 2.96. The molecule has 4 aliphatic carbocycles. The van der Waals surface area contributed by atoms with Gasteiger partial charge in [-0.25, -0.2) is 0 Å². The van der Waals surface area contributed by atoms with Gasteiger partial charge in [-0.3, -0.25) is 4.79 Å². The Morgan fingerprint density at radius 1 is 1.07 bits per heavy atom. The van der Waals surface area contributed by atoms with Gasteiger partial charge in [0, 0.05) is 6.04 Å². The Balaban J connectivity index is 1.64. The Bertz CT molecular complexity index is 632. The van der Waals surface area contributed by atoms with E-state index in [0.29, 0.717) is 28.7 Å². The summed E-state index contributed by atoms with van der Waals surface area (Å²) < 4.78 is 0. The van der Waals surface area contributed by atoms with Crippen LogP contribution in [0.5, 0.6) is 0 Å². The highest BCUT2D eigenvalue weighted by molar-refractivity contribution is 5.75. The molecule has 4 saturated carbocycles. The minimum Gasteiger partial charge on any atom is -0.481 e. The van der Waals surface area contributed by atoms with Gasteiger partial charge in [-0.2, -0.15) is 0 Å². The minimum atomic E-state index is -0.484. The third kappa shape index (κ3) is 3.12. The van der Waals surface area contributed by atoms with Crippen LogP contribution in [0.1, 0.15) is 105 Å². The molecule has 166 valence electrons. The Morgan fingerprint density at radius 2 is 1.83 bits per heavy atom. The second-order valence-electron chi connectivity index (χ2n) is 12.1. The number of aliphatic carboxylic acids is 1. The average molecular weight is 404 g/mol. The van der Waals surface area contributed by atoms with Gasteiger partial charge in [-0.15, -0.1) is 0 Å². The van der Waals surface area contributed by atoms with Crippen LogP contribution >= 0.6 is 0 Å². The maximum absolute atomic E-state index is 12.3. The fourth-order valence-corrected chi connectivity index (χ4v) is 9.61. The molecule has 0 aliphatic heterocycles. The van der Waals surface area contributed by atoms with Gasteiger partial charge in [0.05, 0.1) is 5.41 Å². The lowest BCUT2D eigenvalue weighted by Crippen LogP contribution is -2.59. The maximum Gasteiger partial charge on any atom is 0.309 e. The predicted molar refractivity (Wildman–Crippen MR) is 118 cm³/mol. The number of carboxylic acids is 1. The van der Waals surface area contributed by atoms with E-state index in [1.165, 1.54) is 38.5 Å². The molecule has 0 aromatic carbocycles. The van der Waals surface area contributed by atoms with Gasteiger partial charge in [0.15, 0.2) is 0 Å². The summed E-state index contributed by atoms with van der Waals surface area (Å²) in [4.78, 5) is 12.3. The van der Waals surface area contributed by atoms with E-state index in [1.54, 1.807) is 0 Å². The van der Waals surface area contributed by atoms with E-state index in [2.05, 4.69) is 27.7 Å². The summed E-state index contributed by atoms with van der Waals surface area (Å²) in [5, 5.41) is 10.1. The number of rotatable bonds is 5. The van der Waals surface area contributed by atoms with Crippen molar-refractivity contribution in [1.29, 1.82) is 0 Å². The third-order valence-electron chi connectivity index (χ3n) is 11.0. The first-order valence-corrected chi connectivity index (χ1v) is 12.7. The summed E-state index contributed by atoms with van der Waals surface area (Å²) in [5.41, 5.74) is 6.62. The topological polar surface area (TPSA) is 63.3 Å². The number of nitrogens with two attached hydrogens (primary N) is 1.